The number of hydrogen-bond donors (Lipinski definition) is 1. The lowest BCUT2D eigenvalue weighted by atomic mass is 10.1. The summed E-state index contributed by atoms with van der Waals surface area (Å²) in [7, 11) is 0. The van der Waals surface area contributed by atoms with Crippen molar-refractivity contribution in [2.75, 3.05) is 36.7 Å². The number of alkyl halides is 3. The minimum atomic E-state index is -4.86. The first-order valence-electron chi connectivity index (χ1n) is 9.90. The van der Waals surface area contributed by atoms with Gasteiger partial charge in [-0.3, -0.25) is 9.69 Å². The maximum Gasteiger partial charge on any atom is 0.573 e. The average molecular weight is 508 g/mol. The lowest BCUT2D eigenvalue weighted by Gasteiger charge is -2.35. The van der Waals surface area contributed by atoms with Crippen LogP contribution in [0.15, 0.2) is 36.4 Å². The molecule has 1 heterocycles. The number of amides is 1. The van der Waals surface area contributed by atoms with Crippen molar-refractivity contribution in [1.29, 1.82) is 0 Å². The standard InChI is InChI=1S/C21H22Cl2F3N3O2S/c1-2-32-27-17-7-6-14(12-18(17)31-21(24,25)26)20(30)29-10-8-28(9-11-29)13-15-4-3-5-16(22)19(15)23/h3-7,12,27H,2,8-11,13H2,1H3. The molecule has 0 radical (unpaired) electrons. The molecule has 1 saturated heterocycles. The zero-order valence-electron chi connectivity index (χ0n) is 17.2. The van der Waals surface area contributed by atoms with Crippen molar-refractivity contribution in [2.24, 2.45) is 0 Å². The molecule has 32 heavy (non-hydrogen) atoms. The number of piperazine rings is 1. The lowest BCUT2D eigenvalue weighted by Crippen LogP contribution is -2.48. The second kappa shape index (κ2) is 10.9. The largest absolute Gasteiger partial charge is 0.573 e. The summed E-state index contributed by atoms with van der Waals surface area (Å²) in [5.41, 5.74) is 1.21. The van der Waals surface area contributed by atoms with Crippen LogP contribution >= 0.6 is 35.1 Å². The number of nitrogens with one attached hydrogen (secondary N) is 1. The van der Waals surface area contributed by atoms with Gasteiger partial charge in [-0.25, -0.2) is 0 Å². The quantitative estimate of drug-likeness (QED) is 0.470. The molecular weight excluding hydrogens is 486 g/mol. The Labute approximate surface area is 198 Å². The van der Waals surface area contributed by atoms with Crippen LogP contribution in [0.5, 0.6) is 5.75 Å². The second-order valence-electron chi connectivity index (χ2n) is 7.08. The number of benzene rings is 2. The van der Waals surface area contributed by atoms with Gasteiger partial charge in [-0.1, -0.05) is 54.2 Å². The molecule has 11 heteroatoms. The number of carbonyl (C=O) groups excluding carboxylic acids is 1. The maximum atomic E-state index is 12.9. The Morgan fingerprint density at radius 3 is 2.53 bits per heavy atom. The van der Waals surface area contributed by atoms with Crippen LogP contribution in [0, 0.1) is 0 Å². The van der Waals surface area contributed by atoms with Crippen molar-refractivity contribution < 1.29 is 22.7 Å². The summed E-state index contributed by atoms with van der Waals surface area (Å²) in [6, 6.07) is 9.52. The maximum absolute atomic E-state index is 12.9. The summed E-state index contributed by atoms with van der Waals surface area (Å²) < 4.78 is 45.4. The van der Waals surface area contributed by atoms with Crippen LogP contribution < -0.4 is 9.46 Å². The van der Waals surface area contributed by atoms with Gasteiger partial charge in [0.15, 0.2) is 5.75 Å². The first-order chi connectivity index (χ1) is 15.2. The van der Waals surface area contributed by atoms with Gasteiger partial charge < -0.3 is 14.4 Å². The van der Waals surface area contributed by atoms with Crippen molar-refractivity contribution in [2.45, 2.75) is 19.8 Å². The van der Waals surface area contributed by atoms with Gasteiger partial charge >= 0.3 is 6.36 Å². The van der Waals surface area contributed by atoms with Crippen LogP contribution in [0.25, 0.3) is 0 Å². The molecule has 3 rings (SSSR count). The van der Waals surface area contributed by atoms with Gasteiger partial charge in [-0.15, -0.1) is 13.2 Å². The zero-order valence-corrected chi connectivity index (χ0v) is 19.5. The monoisotopic (exact) mass is 507 g/mol. The third-order valence-electron chi connectivity index (χ3n) is 4.87. The third-order valence-corrected chi connectivity index (χ3v) is 6.38. The van der Waals surface area contributed by atoms with E-state index in [1.165, 1.54) is 24.1 Å². The van der Waals surface area contributed by atoms with Gasteiger partial charge in [0.25, 0.3) is 5.91 Å². The average Bonchev–Trinajstić information content (AvgIpc) is 2.75. The molecule has 5 nitrogen and oxygen atoms in total. The van der Waals surface area contributed by atoms with E-state index in [-0.39, 0.29) is 17.2 Å². The van der Waals surface area contributed by atoms with Crippen molar-refractivity contribution in [3.8, 4) is 5.75 Å². The molecule has 0 aliphatic carbocycles. The minimum Gasteiger partial charge on any atom is -0.404 e. The van der Waals surface area contributed by atoms with E-state index in [1.807, 2.05) is 19.1 Å². The molecule has 1 fully saturated rings. The van der Waals surface area contributed by atoms with Crippen LogP contribution in [0.3, 0.4) is 0 Å². The Balaban J connectivity index is 1.66. The summed E-state index contributed by atoms with van der Waals surface area (Å²) in [4.78, 5) is 16.7. The molecule has 2 aromatic rings. The van der Waals surface area contributed by atoms with Gasteiger partial charge in [0.1, 0.15) is 0 Å². The van der Waals surface area contributed by atoms with E-state index in [0.717, 1.165) is 11.6 Å². The van der Waals surface area contributed by atoms with E-state index in [2.05, 4.69) is 14.4 Å². The zero-order chi connectivity index (χ0) is 23.3. The van der Waals surface area contributed by atoms with Crippen molar-refractivity contribution >= 4 is 46.7 Å². The summed E-state index contributed by atoms with van der Waals surface area (Å²) in [6.45, 7) is 4.55. The predicted octanol–water partition coefficient (Wildman–Crippen LogP) is 5.93. The highest BCUT2D eigenvalue weighted by Crippen LogP contribution is 2.33. The summed E-state index contributed by atoms with van der Waals surface area (Å²) >= 11 is 13.6. The minimum absolute atomic E-state index is 0.141. The molecule has 0 spiro atoms. The van der Waals surface area contributed by atoms with Crippen LogP contribution in [0.2, 0.25) is 10.0 Å². The number of carbonyl (C=O) groups is 1. The molecule has 1 aliphatic rings. The van der Waals surface area contributed by atoms with Crippen LogP contribution in [0.1, 0.15) is 22.8 Å². The van der Waals surface area contributed by atoms with Gasteiger partial charge in [-0.2, -0.15) is 0 Å². The smallest absolute Gasteiger partial charge is 0.404 e. The van der Waals surface area contributed by atoms with Crippen LogP contribution in [-0.4, -0.2) is 54.0 Å². The van der Waals surface area contributed by atoms with E-state index < -0.39 is 12.1 Å². The molecule has 0 bridgehead atoms. The number of halogens is 5. The van der Waals surface area contributed by atoms with E-state index >= 15 is 0 Å². The molecule has 1 amide bonds. The third kappa shape index (κ3) is 6.60. The topological polar surface area (TPSA) is 44.8 Å². The van der Waals surface area contributed by atoms with Gasteiger partial charge in [0, 0.05) is 44.0 Å². The lowest BCUT2D eigenvalue weighted by molar-refractivity contribution is -0.274. The second-order valence-corrected chi connectivity index (χ2v) is 8.93. The Hall–Kier alpha value is -1.81. The molecule has 0 aromatic heterocycles. The Bertz CT molecular complexity index is 954. The first kappa shape index (κ1) is 24.8. The van der Waals surface area contributed by atoms with E-state index in [9.17, 15) is 18.0 Å². The fourth-order valence-corrected chi connectivity index (χ4v) is 4.15. The molecule has 0 atom stereocenters. The highest BCUT2D eigenvalue weighted by Gasteiger charge is 2.33. The van der Waals surface area contributed by atoms with E-state index in [1.54, 1.807) is 11.0 Å². The number of anilines is 1. The number of ether oxygens (including phenoxy) is 1. The summed E-state index contributed by atoms with van der Waals surface area (Å²) in [6.07, 6.45) is -4.86. The summed E-state index contributed by atoms with van der Waals surface area (Å²) in [5, 5.41) is 1.00. The van der Waals surface area contributed by atoms with E-state index in [4.69, 9.17) is 23.2 Å². The normalized spacial score (nSPS) is 15.0. The van der Waals surface area contributed by atoms with Crippen LogP contribution in [-0.2, 0) is 6.54 Å². The number of nitrogens with zero attached hydrogens (tertiary/aromatic N) is 2. The molecular formula is C21H22Cl2F3N3O2S. The van der Waals surface area contributed by atoms with Crippen molar-refractivity contribution in [1.82, 2.24) is 9.80 Å². The molecule has 0 saturated carbocycles. The van der Waals surface area contributed by atoms with Gasteiger partial charge in [-0.05, 0) is 29.8 Å². The predicted molar refractivity (Wildman–Crippen MR) is 123 cm³/mol. The summed E-state index contributed by atoms with van der Waals surface area (Å²) in [5.74, 6) is -0.123. The SMILES string of the molecule is CCSNc1ccc(C(=O)N2CCN(Cc3cccc(Cl)c3Cl)CC2)cc1OC(F)(F)F. The number of hydrogen-bond acceptors (Lipinski definition) is 5. The highest BCUT2D eigenvalue weighted by atomic mass is 35.5. The fourth-order valence-electron chi connectivity index (χ4n) is 3.30. The molecule has 174 valence electrons. The molecule has 2 aromatic carbocycles. The molecule has 1 aliphatic heterocycles. The first-order valence-corrected chi connectivity index (χ1v) is 11.6. The van der Waals surface area contributed by atoms with Gasteiger partial charge in [0.2, 0.25) is 0 Å². The van der Waals surface area contributed by atoms with Crippen LogP contribution in [0.4, 0.5) is 18.9 Å². The fraction of sp³-hybridized carbons (Fsp3) is 0.381. The highest BCUT2D eigenvalue weighted by molar-refractivity contribution is 8.00. The Morgan fingerprint density at radius 1 is 1.16 bits per heavy atom. The van der Waals surface area contributed by atoms with Crippen molar-refractivity contribution in [3.05, 3.63) is 57.6 Å². The Morgan fingerprint density at radius 2 is 1.88 bits per heavy atom. The van der Waals surface area contributed by atoms with E-state index in [0.29, 0.717) is 48.5 Å². The molecule has 1 N–H and O–H groups in total. The molecule has 0 unspecified atom stereocenters. The van der Waals surface area contributed by atoms with Gasteiger partial charge in [0.05, 0.1) is 15.7 Å². The number of rotatable bonds is 7. The van der Waals surface area contributed by atoms with Crippen molar-refractivity contribution in [3.63, 3.8) is 0 Å². The Kier molecular flexibility index (Phi) is 8.43.